The Hall–Kier alpha value is -1.90. The zero-order chi connectivity index (χ0) is 17.8. The van der Waals surface area contributed by atoms with Gasteiger partial charge in [0.2, 0.25) is 6.41 Å². The number of rotatable bonds is 7. The summed E-state index contributed by atoms with van der Waals surface area (Å²) in [5, 5.41) is 21.2. The van der Waals surface area contributed by atoms with Gasteiger partial charge in [-0.2, -0.15) is 0 Å². The van der Waals surface area contributed by atoms with Crippen LogP contribution in [-0.4, -0.2) is 40.8 Å². The minimum Gasteiger partial charge on any atom is -0.489 e. The normalized spacial score (nSPS) is 14.3. The summed E-state index contributed by atoms with van der Waals surface area (Å²) in [6.07, 6.45) is -1.49. The number of carboxylic acids is 1. The minimum atomic E-state index is -1.49. The minimum absolute atomic E-state index is 0.0433. The van der Waals surface area contributed by atoms with Gasteiger partial charge in [0.1, 0.15) is 29.9 Å². The topological polar surface area (TPSA) is 114 Å². The number of aryl methyl sites for hydroxylation is 1. The molecule has 0 amide bonds. The standard InChI is InChI=1S/C15H23FN2O5/c1-8-5-9(16)12(17)11(6-8)22-7-10(13(19)20)18-14(21)23-15(2,3)4/h5-6,10,14,18,21H,7,17H2,1-4H3,(H,19,20)/t10-,14?/m0/s1. The molecule has 0 saturated carbocycles. The van der Waals surface area contributed by atoms with Crippen molar-refractivity contribution < 1.29 is 28.9 Å². The van der Waals surface area contributed by atoms with Crippen molar-refractivity contribution >= 4 is 11.7 Å². The fourth-order valence-electron chi connectivity index (χ4n) is 1.75. The molecule has 5 N–H and O–H groups in total. The Morgan fingerprint density at radius 1 is 1.43 bits per heavy atom. The van der Waals surface area contributed by atoms with Gasteiger partial charge < -0.3 is 25.4 Å². The molecule has 2 atom stereocenters. The number of hydrogen-bond acceptors (Lipinski definition) is 6. The van der Waals surface area contributed by atoms with E-state index in [4.69, 9.17) is 20.3 Å². The Bertz CT molecular complexity index is 560. The highest BCUT2D eigenvalue weighted by Crippen LogP contribution is 2.26. The molecular formula is C15H23FN2O5. The van der Waals surface area contributed by atoms with Gasteiger partial charge in [0.15, 0.2) is 0 Å². The maximum atomic E-state index is 13.5. The van der Waals surface area contributed by atoms with Crippen LogP contribution < -0.4 is 15.8 Å². The molecule has 0 spiro atoms. The van der Waals surface area contributed by atoms with Crippen LogP contribution in [0.25, 0.3) is 0 Å². The molecule has 8 heteroatoms. The van der Waals surface area contributed by atoms with E-state index >= 15 is 0 Å². The first kappa shape index (κ1) is 19.1. The summed E-state index contributed by atoms with van der Waals surface area (Å²) < 4.78 is 24.0. The first-order chi connectivity index (χ1) is 10.5. The first-order valence-corrected chi connectivity index (χ1v) is 7.03. The summed E-state index contributed by atoms with van der Waals surface area (Å²) in [5.41, 5.74) is 5.27. The number of nitrogen functional groups attached to an aromatic ring is 1. The molecule has 7 nitrogen and oxygen atoms in total. The van der Waals surface area contributed by atoms with Crippen molar-refractivity contribution in [2.45, 2.75) is 45.8 Å². The number of ether oxygens (including phenoxy) is 2. The Morgan fingerprint density at radius 2 is 2.04 bits per heavy atom. The maximum Gasteiger partial charge on any atom is 0.324 e. The second kappa shape index (κ2) is 7.58. The van der Waals surface area contributed by atoms with Crippen molar-refractivity contribution in [3.63, 3.8) is 0 Å². The molecule has 1 unspecified atom stereocenters. The molecule has 0 radical (unpaired) electrons. The molecule has 0 aromatic heterocycles. The third kappa shape index (κ3) is 6.39. The summed E-state index contributed by atoms with van der Waals surface area (Å²) in [5.74, 6) is -1.86. The number of aliphatic hydroxyl groups excluding tert-OH is 1. The van der Waals surface area contributed by atoms with E-state index in [1.165, 1.54) is 12.1 Å². The van der Waals surface area contributed by atoms with Gasteiger partial charge in [-0.1, -0.05) is 0 Å². The second-order valence-corrected chi connectivity index (χ2v) is 6.11. The van der Waals surface area contributed by atoms with Crippen molar-refractivity contribution in [3.8, 4) is 5.75 Å². The lowest BCUT2D eigenvalue weighted by atomic mass is 10.2. The first-order valence-electron chi connectivity index (χ1n) is 7.03. The fourth-order valence-corrected chi connectivity index (χ4v) is 1.75. The molecule has 130 valence electrons. The molecule has 0 saturated heterocycles. The van der Waals surface area contributed by atoms with Crippen LogP contribution in [0.3, 0.4) is 0 Å². The van der Waals surface area contributed by atoms with Crippen molar-refractivity contribution in [1.29, 1.82) is 0 Å². The van der Waals surface area contributed by atoms with E-state index in [0.29, 0.717) is 5.56 Å². The van der Waals surface area contributed by atoms with Crippen molar-refractivity contribution in [2.24, 2.45) is 0 Å². The van der Waals surface area contributed by atoms with Crippen LogP contribution >= 0.6 is 0 Å². The number of anilines is 1. The highest BCUT2D eigenvalue weighted by Gasteiger charge is 2.25. The molecular weight excluding hydrogens is 307 g/mol. The van der Waals surface area contributed by atoms with Gasteiger partial charge in [-0.05, 0) is 45.4 Å². The van der Waals surface area contributed by atoms with Crippen molar-refractivity contribution in [2.75, 3.05) is 12.3 Å². The summed E-state index contributed by atoms with van der Waals surface area (Å²) in [4.78, 5) is 11.2. The average Bonchev–Trinajstić information content (AvgIpc) is 2.37. The van der Waals surface area contributed by atoms with Gasteiger partial charge in [0.25, 0.3) is 0 Å². The number of nitrogens with one attached hydrogen (secondary N) is 1. The number of aliphatic hydroxyl groups is 1. The van der Waals surface area contributed by atoms with E-state index in [1.54, 1.807) is 27.7 Å². The smallest absolute Gasteiger partial charge is 0.324 e. The third-order valence-electron chi connectivity index (χ3n) is 2.75. The number of carbonyl (C=O) groups is 1. The van der Waals surface area contributed by atoms with Crippen molar-refractivity contribution in [3.05, 3.63) is 23.5 Å². The van der Waals surface area contributed by atoms with Crippen LogP contribution in [-0.2, 0) is 9.53 Å². The lowest BCUT2D eigenvalue weighted by molar-refractivity contribution is -0.190. The summed E-state index contributed by atoms with van der Waals surface area (Å²) in [7, 11) is 0. The van der Waals surface area contributed by atoms with Crippen LogP contribution in [0.2, 0.25) is 0 Å². The number of carboxylic acid groups (broad SMARTS) is 1. The summed E-state index contributed by atoms with van der Waals surface area (Å²) >= 11 is 0. The molecule has 0 aliphatic heterocycles. The van der Waals surface area contributed by atoms with Gasteiger partial charge >= 0.3 is 5.97 Å². The lowest BCUT2D eigenvalue weighted by Crippen LogP contribution is -2.49. The zero-order valence-corrected chi connectivity index (χ0v) is 13.6. The molecule has 1 aromatic rings. The van der Waals surface area contributed by atoms with E-state index < -0.39 is 29.8 Å². The summed E-state index contributed by atoms with van der Waals surface area (Å²) in [6, 6.07) is 1.48. The van der Waals surface area contributed by atoms with Crippen LogP contribution in [0.5, 0.6) is 5.75 Å². The quantitative estimate of drug-likeness (QED) is 0.439. The van der Waals surface area contributed by atoms with Crippen molar-refractivity contribution in [1.82, 2.24) is 5.32 Å². The van der Waals surface area contributed by atoms with E-state index in [2.05, 4.69) is 5.32 Å². The van der Waals surface area contributed by atoms with E-state index in [9.17, 15) is 14.3 Å². The maximum absolute atomic E-state index is 13.5. The van der Waals surface area contributed by atoms with Crippen LogP contribution in [0.1, 0.15) is 26.3 Å². The SMILES string of the molecule is Cc1cc(F)c(N)c(OC[C@H](NC(O)OC(C)(C)C)C(=O)O)c1. The third-order valence-corrected chi connectivity index (χ3v) is 2.75. The summed E-state index contributed by atoms with van der Waals surface area (Å²) in [6.45, 7) is 6.41. The van der Waals surface area contributed by atoms with Crippen LogP contribution in [0.4, 0.5) is 10.1 Å². The molecule has 23 heavy (non-hydrogen) atoms. The van der Waals surface area contributed by atoms with Gasteiger partial charge in [0.05, 0.1) is 5.60 Å². The van der Waals surface area contributed by atoms with Crippen LogP contribution in [0.15, 0.2) is 12.1 Å². The Labute approximate surface area is 134 Å². The molecule has 1 aromatic carbocycles. The molecule has 0 aliphatic carbocycles. The number of aliphatic carboxylic acids is 1. The predicted octanol–water partition coefficient (Wildman–Crippen LogP) is 1.23. The highest BCUT2D eigenvalue weighted by molar-refractivity contribution is 5.73. The average molecular weight is 330 g/mol. The number of hydrogen-bond donors (Lipinski definition) is 4. The Balaban J connectivity index is 2.73. The molecule has 0 aliphatic rings. The lowest BCUT2D eigenvalue weighted by Gasteiger charge is -2.26. The van der Waals surface area contributed by atoms with E-state index in [0.717, 1.165) is 0 Å². The Morgan fingerprint density at radius 3 is 2.57 bits per heavy atom. The van der Waals surface area contributed by atoms with E-state index in [1.807, 2.05) is 0 Å². The van der Waals surface area contributed by atoms with E-state index in [-0.39, 0.29) is 18.0 Å². The monoisotopic (exact) mass is 330 g/mol. The molecule has 0 fully saturated rings. The second-order valence-electron chi connectivity index (χ2n) is 6.11. The molecule has 1 rings (SSSR count). The molecule has 0 heterocycles. The Kier molecular flexibility index (Phi) is 6.31. The van der Waals surface area contributed by atoms with Gasteiger partial charge in [0, 0.05) is 0 Å². The number of nitrogens with two attached hydrogens (primary N) is 1. The van der Waals surface area contributed by atoms with Gasteiger partial charge in [-0.25, -0.2) is 4.39 Å². The molecule has 0 bridgehead atoms. The zero-order valence-electron chi connectivity index (χ0n) is 13.6. The number of benzene rings is 1. The largest absolute Gasteiger partial charge is 0.489 e. The highest BCUT2D eigenvalue weighted by atomic mass is 19.1. The fraction of sp³-hybridized carbons (Fsp3) is 0.533. The van der Waals surface area contributed by atoms with Gasteiger partial charge in [-0.3, -0.25) is 10.1 Å². The van der Waals surface area contributed by atoms with Gasteiger partial charge in [-0.15, -0.1) is 0 Å². The van der Waals surface area contributed by atoms with Crippen LogP contribution in [0, 0.1) is 12.7 Å². The predicted molar refractivity (Wildman–Crippen MR) is 82.4 cm³/mol. The number of halogens is 1.